The van der Waals surface area contributed by atoms with E-state index < -0.39 is 18.1 Å². The van der Waals surface area contributed by atoms with Crippen LogP contribution in [0, 0.1) is 6.92 Å². The third kappa shape index (κ3) is 3.37. The van der Waals surface area contributed by atoms with Crippen molar-refractivity contribution in [2.24, 2.45) is 0 Å². The van der Waals surface area contributed by atoms with Gasteiger partial charge in [0, 0.05) is 18.1 Å². The number of anilines is 1. The second-order valence-electron chi connectivity index (χ2n) is 5.94. The van der Waals surface area contributed by atoms with E-state index in [0.29, 0.717) is 0 Å². The Hall–Kier alpha value is -3.35. The number of carbonyl (C=O) groups is 2. The van der Waals surface area contributed by atoms with E-state index in [2.05, 4.69) is 10.3 Å². The summed E-state index contributed by atoms with van der Waals surface area (Å²) in [5.41, 5.74) is 2.72. The molecule has 134 valence electrons. The van der Waals surface area contributed by atoms with Gasteiger partial charge in [-0.05, 0) is 36.8 Å². The molecule has 1 unspecified atom stereocenters. The Balaban J connectivity index is 2.10. The van der Waals surface area contributed by atoms with Crippen LogP contribution in [0.2, 0.25) is 0 Å². The van der Waals surface area contributed by atoms with Crippen molar-refractivity contribution in [2.45, 2.75) is 13.1 Å². The van der Waals surface area contributed by atoms with Gasteiger partial charge in [0.2, 0.25) is 0 Å². The summed E-state index contributed by atoms with van der Waals surface area (Å²) in [6.07, 6.45) is 2.87. The number of rotatable bonds is 4. The highest BCUT2D eigenvalue weighted by atomic mass is 16.5. The number of pyridine rings is 1. The largest absolute Gasteiger partial charge is 0.478 e. The molecule has 2 heterocycles. The Labute approximate surface area is 150 Å². The quantitative estimate of drug-likeness (QED) is 0.812. The molecule has 0 saturated carbocycles. The van der Waals surface area contributed by atoms with Crippen LogP contribution >= 0.6 is 0 Å². The number of aryl methyl sites for hydroxylation is 1. The van der Waals surface area contributed by atoms with Crippen LogP contribution in [0.25, 0.3) is 0 Å². The lowest BCUT2D eigenvalue weighted by Crippen LogP contribution is -2.47. The SMILES string of the molecule is COC(=O)C1=C(C(=O)O)CN(c2ccc(C)cc2)C(c2ccncc2)N1. The number of aliphatic carboxylic acids is 1. The van der Waals surface area contributed by atoms with E-state index in [0.717, 1.165) is 16.8 Å². The number of benzene rings is 1. The fourth-order valence-corrected chi connectivity index (χ4v) is 2.89. The first-order chi connectivity index (χ1) is 12.5. The summed E-state index contributed by atoms with van der Waals surface area (Å²) in [4.78, 5) is 29.7. The van der Waals surface area contributed by atoms with E-state index in [-0.39, 0.29) is 17.8 Å². The first-order valence-electron chi connectivity index (χ1n) is 8.05. The Morgan fingerprint density at radius 2 is 1.85 bits per heavy atom. The molecule has 0 spiro atoms. The van der Waals surface area contributed by atoms with E-state index in [1.807, 2.05) is 48.2 Å². The Morgan fingerprint density at radius 1 is 1.19 bits per heavy atom. The second kappa shape index (κ2) is 7.26. The highest BCUT2D eigenvalue weighted by Crippen LogP contribution is 2.31. The molecule has 1 aromatic heterocycles. The monoisotopic (exact) mass is 353 g/mol. The zero-order chi connectivity index (χ0) is 18.7. The van der Waals surface area contributed by atoms with Gasteiger partial charge >= 0.3 is 11.9 Å². The normalized spacial score (nSPS) is 16.8. The zero-order valence-electron chi connectivity index (χ0n) is 14.5. The number of esters is 1. The van der Waals surface area contributed by atoms with E-state index in [1.165, 1.54) is 7.11 Å². The van der Waals surface area contributed by atoms with Gasteiger partial charge in [-0.25, -0.2) is 9.59 Å². The molecule has 0 radical (unpaired) electrons. The zero-order valence-corrected chi connectivity index (χ0v) is 14.5. The van der Waals surface area contributed by atoms with Crippen molar-refractivity contribution in [3.8, 4) is 0 Å². The summed E-state index contributed by atoms with van der Waals surface area (Å²) >= 11 is 0. The van der Waals surface area contributed by atoms with E-state index in [9.17, 15) is 14.7 Å². The average Bonchev–Trinajstić information content (AvgIpc) is 2.67. The number of carboxylic acids is 1. The Bertz CT molecular complexity index is 847. The number of hydrogen-bond acceptors (Lipinski definition) is 6. The number of carboxylic acid groups (broad SMARTS) is 1. The summed E-state index contributed by atoms with van der Waals surface area (Å²) in [5.74, 6) is -1.87. The lowest BCUT2D eigenvalue weighted by atomic mass is 10.0. The van der Waals surface area contributed by atoms with Crippen LogP contribution in [-0.4, -0.2) is 35.7 Å². The molecule has 26 heavy (non-hydrogen) atoms. The van der Waals surface area contributed by atoms with Gasteiger partial charge in [-0.2, -0.15) is 0 Å². The van der Waals surface area contributed by atoms with Crippen molar-refractivity contribution in [2.75, 3.05) is 18.6 Å². The summed E-state index contributed by atoms with van der Waals surface area (Å²) in [6.45, 7) is 2.04. The molecular formula is C19H19N3O4. The lowest BCUT2D eigenvalue weighted by Gasteiger charge is -2.39. The van der Waals surface area contributed by atoms with Crippen molar-refractivity contribution < 1.29 is 19.4 Å². The van der Waals surface area contributed by atoms with E-state index in [1.54, 1.807) is 12.4 Å². The highest BCUT2D eigenvalue weighted by Gasteiger charge is 2.34. The van der Waals surface area contributed by atoms with Crippen molar-refractivity contribution >= 4 is 17.6 Å². The van der Waals surface area contributed by atoms with Gasteiger partial charge in [-0.15, -0.1) is 0 Å². The number of aromatic nitrogens is 1. The topological polar surface area (TPSA) is 91.8 Å². The van der Waals surface area contributed by atoms with Gasteiger partial charge in [0.15, 0.2) is 0 Å². The van der Waals surface area contributed by atoms with E-state index in [4.69, 9.17) is 4.74 Å². The average molecular weight is 353 g/mol. The molecule has 3 rings (SSSR count). The summed E-state index contributed by atoms with van der Waals surface area (Å²) in [7, 11) is 1.23. The second-order valence-corrected chi connectivity index (χ2v) is 5.94. The van der Waals surface area contributed by atoms with Crippen LogP contribution in [0.4, 0.5) is 5.69 Å². The Kier molecular flexibility index (Phi) is 4.88. The molecule has 0 saturated heterocycles. The van der Waals surface area contributed by atoms with Crippen LogP contribution in [0.1, 0.15) is 17.3 Å². The first-order valence-corrected chi connectivity index (χ1v) is 8.05. The standard InChI is InChI=1S/C19H19N3O4/c1-12-3-5-14(6-4-12)22-11-15(18(23)24)16(19(25)26-2)21-17(22)13-7-9-20-10-8-13/h3-10,17,21H,11H2,1-2H3,(H,23,24). The van der Waals surface area contributed by atoms with Crippen molar-refractivity contribution in [1.82, 2.24) is 10.3 Å². The molecule has 2 N–H and O–H groups in total. The fraction of sp³-hybridized carbons (Fsp3) is 0.211. The number of hydrogen-bond donors (Lipinski definition) is 2. The first kappa shape index (κ1) is 17.5. The van der Waals surface area contributed by atoms with Gasteiger partial charge in [-0.3, -0.25) is 4.98 Å². The van der Waals surface area contributed by atoms with Crippen molar-refractivity contribution in [3.63, 3.8) is 0 Å². The number of methoxy groups -OCH3 is 1. The number of carbonyl (C=O) groups excluding carboxylic acids is 1. The summed E-state index contributed by atoms with van der Waals surface area (Å²) in [6, 6.07) is 11.4. The molecule has 1 aliphatic heterocycles. The van der Waals surface area contributed by atoms with Crippen LogP contribution in [0.15, 0.2) is 60.1 Å². The minimum atomic E-state index is -1.16. The lowest BCUT2D eigenvalue weighted by molar-refractivity contribution is -0.138. The molecule has 0 aliphatic carbocycles. The van der Waals surface area contributed by atoms with E-state index >= 15 is 0 Å². The predicted molar refractivity (Wildman–Crippen MR) is 95.3 cm³/mol. The van der Waals surface area contributed by atoms with Gasteiger partial charge in [0.1, 0.15) is 11.9 Å². The van der Waals surface area contributed by atoms with Gasteiger partial charge < -0.3 is 20.1 Å². The Morgan fingerprint density at radius 3 is 2.42 bits per heavy atom. The van der Waals surface area contributed by atoms with Gasteiger partial charge in [0.05, 0.1) is 19.2 Å². The summed E-state index contributed by atoms with van der Waals surface area (Å²) in [5, 5.41) is 12.6. The molecule has 1 aromatic carbocycles. The maximum Gasteiger partial charge on any atom is 0.354 e. The molecule has 1 atom stereocenters. The van der Waals surface area contributed by atoms with Crippen LogP contribution in [0.5, 0.6) is 0 Å². The molecule has 1 aliphatic rings. The maximum atomic E-state index is 12.1. The van der Waals surface area contributed by atoms with Crippen molar-refractivity contribution in [1.29, 1.82) is 0 Å². The van der Waals surface area contributed by atoms with Crippen molar-refractivity contribution in [3.05, 3.63) is 71.2 Å². The molecule has 7 nitrogen and oxygen atoms in total. The highest BCUT2D eigenvalue weighted by molar-refractivity contribution is 6.00. The smallest absolute Gasteiger partial charge is 0.354 e. The van der Waals surface area contributed by atoms with Crippen LogP contribution in [0.3, 0.4) is 0 Å². The fourth-order valence-electron chi connectivity index (χ4n) is 2.89. The summed E-state index contributed by atoms with van der Waals surface area (Å²) < 4.78 is 4.76. The molecule has 0 bridgehead atoms. The maximum absolute atomic E-state index is 12.1. The van der Waals surface area contributed by atoms with Crippen LogP contribution < -0.4 is 10.2 Å². The molecule has 2 aromatic rings. The van der Waals surface area contributed by atoms with Crippen LogP contribution in [-0.2, 0) is 14.3 Å². The third-order valence-electron chi connectivity index (χ3n) is 4.26. The molecular weight excluding hydrogens is 334 g/mol. The molecule has 7 heteroatoms. The number of nitrogens with zero attached hydrogens (tertiary/aromatic N) is 2. The predicted octanol–water partition coefficient (Wildman–Crippen LogP) is 2.01. The number of ether oxygens (including phenoxy) is 1. The number of nitrogens with one attached hydrogen (secondary N) is 1. The molecule has 0 amide bonds. The van der Waals surface area contributed by atoms with Gasteiger partial charge in [-0.1, -0.05) is 17.7 Å². The minimum absolute atomic E-state index is 0.0369. The minimum Gasteiger partial charge on any atom is -0.478 e. The van der Waals surface area contributed by atoms with Gasteiger partial charge in [0.25, 0.3) is 0 Å². The third-order valence-corrected chi connectivity index (χ3v) is 4.26. The molecule has 0 fully saturated rings.